The molecular weight excluding hydrogens is 462 g/mol. The maximum Gasteiger partial charge on any atom is 0.410 e. The smallest absolute Gasteiger partial charge is 0.410 e. The Kier molecular flexibility index (Phi) is 9.09. The van der Waals surface area contributed by atoms with E-state index in [0.717, 1.165) is 30.4 Å². The van der Waals surface area contributed by atoms with Crippen LogP contribution in [0.15, 0.2) is 48.5 Å². The van der Waals surface area contributed by atoms with Crippen LogP contribution < -0.4 is 5.32 Å². The average Bonchev–Trinajstić information content (AvgIpc) is 2.84. The fraction of sp³-hybridized carbons (Fsp3) is 0.517. The Hall–Kier alpha value is -2.96. The van der Waals surface area contributed by atoms with Gasteiger partial charge in [0.15, 0.2) is 0 Å². The highest BCUT2D eigenvalue weighted by molar-refractivity contribution is 5.90. The standard InChI is InChI=1S/C29H38F2N2O3/c1-28(2,3)36-27(35)33(4)29(18-6-5-7-19-29)26(34)32-20-8-9-25(21-10-14-23(30)15-11-21)22-12-16-24(31)17-13-22/h10-17,25H,5-9,18-20H2,1-4H3,(H,32,34). The number of hydrogen-bond donors (Lipinski definition) is 1. The summed E-state index contributed by atoms with van der Waals surface area (Å²) >= 11 is 0. The van der Waals surface area contributed by atoms with E-state index in [1.165, 1.54) is 29.2 Å². The first kappa shape index (κ1) is 27.6. The Morgan fingerprint density at radius 3 is 1.92 bits per heavy atom. The quantitative estimate of drug-likeness (QED) is 0.418. The van der Waals surface area contributed by atoms with Crippen LogP contribution in [0.1, 0.15) is 82.8 Å². The predicted molar refractivity (Wildman–Crippen MR) is 137 cm³/mol. The molecule has 1 aliphatic carbocycles. The van der Waals surface area contributed by atoms with Crippen LogP contribution in [0.4, 0.5) is 13.6 Å². The van der Waals surface area contributed by atoms with Crippen molar-refractivity contribution in [2.24, 2.45) is 0 Å². The van der Waals surface area contributed by atoms with E-state index < -0.39 is 17.2 Å². The van der Waals surface area contributed by atoms with Crippen molar-refractivity contribution < 1.29 is 23.1 Å². The van der Waals surface area contributed by atoms with Gasteiger partial charge in [0.25, 0.3) is 0 Å². The van der Waals surface area contributed by atoms with Crippen LogP contribution in [0.2, 0.25) is 0 Å². The molecule has 2 amide bonds. The number of hydrogen-bond acceptors (Lipinski definition) is 3. The number of nitrogens with one attached hydrogen (secondary N) is 1. The average molecular weight is 501 g/mol. The molecule has 7 heteroatoms. The van der Waals surface area contributed by atoms with Crippen LogP contribution in [-0.2, 0) is 9.53 Å². The number of amides is 2. The van der Waals surface area contributed by atoms with Gasteiger partial charge in [-0.2, -0.15) is 0 Å². The molecule has 0 saturated heterocycles. The molecule has 1 saturated carbocycles. The molecule has 2 aromatic carbocycles. The Balaban J connectivity index is 1.67. The highest BCUT2D eigenvalue weighted by Crippen LogP contribution is 2.35. The lowest BCUT2D eigenvalue weighted by atomic mass is 9.79. The van der Waals surface area contributed by atoms with Crippen LogP contribution in [0, 0.1) is 11.6 Å². The van der Waals surface area contributed by atoms with Gasteiger partial charge >= 0.3 is 6.09 Å². The van der Waals surface area contributed by atoms with Crippen LogP contribution in [-0.4, -0.2) is 41.6 Å². The predicted octanol–water partition coefficient (Wildman–Crippen LogP) is 6.56. The SMILES string of the molecule is CN(C(=O)OC(C)(C)C)C1(C(=O)NCCCC(c2ccc(F)cc2)c2ccc(F)cc2)CCCCC1. The van der Waals surface area contributed by atoms with E-state index in [1.54, 1.807) is 31.3 Å². The molecule has 36 heavy (non-hydrogen) atoms. The molecule has 3 rings (SSSR count). The Morgan fingerprint density at radius 1 is 0.944 bits per heavy atom. The lowest BCUT2D eigenvalue weighted by Gasteiger charge is -2.43. The van der Waals surface area contributed by atoms with Crippen molar-refractivity contribution in [1.29, 1.82) is 0 Å². The summed E-state index contributed by atoms with van der Waals surface area (Å²) < 4.78 is 32.5. The zero-order valence-corrected chi connectivity index (χ0v) is 21.8. The fourth-order valence-corrected chi connectivity index (χ4v) is 4.95. The van der Waals surface area contributed by atoms with Crippen LogP contribution in [0.3, 0.4) is 0 Å². The summed E-state index contributed by atoms with van der Waals surface area (Å²) in [6.07, 6.45) is 4.84. The fourth-order valence-electron chi connectivity index (χ4n) is 4.95. The van der Waals surface area contributed by atoms with E-state index in [2.05, 4.69) is 5.32 Å². The molecule has 0 aromatic heterocycles. The summed E-state index contributed by atoms with van der Waals surface area (Å²) in [5, 5.41) is 3.06. The van der Waals surface area contributed by atoms with Gasteiger partial charge in [-0.1, -0.05) is 43.5 Å². The summed E-state index contributed by atoms with van der Waals surface area (Å²) in [4.78, 5) is 27.7. The zero-order chi connectivity index (χ0) is 26.3. The van der Waals surface area contributed by atoms with Gasteiger partial charge < -0.3 is 10.1 Å². The second-order valence-corrected chi connectivity index (χ2v) is 10.7. The first-order valence-electron chi connectivity index (χ1n) is 12.8. The summed E-state index contributed by atoms with van der Waals surface area (Å²) in [5.41, 5.74) is 0.298. The molecular formula is C29H38F2N2O3. The topological polar surface area (TPSA) is 58.6 Å². The third kappa shape index (κ3) is 7.05. The van der Waals surface area contributed by atoms with E-state index in [9.17, 15) is 18.4 Å². The first-order valence-corrected chi connectivity index (χ1v) is 12.8. The number of carbonyl (C=O) groups excluding carboxylic acids is 2. The third-order valence-corrected chi connectivity index (χ3v) is 6.91. The lowest BCUT2D eigenvalue weighted by Crippen LogP contribution is -2.60. The highest BCUT2D eigenvalue weighted by Gasteiger charge is 2.46. The van der Waals surface area contributed by atoms with Gasteiger partial charge in [-0.25, -0.2) is 13.6 Å². The lowest BCUT2D eigenvalue weighted by molar-refractivity contribution is -0.134. The summed E-state index contributed by atoms with van der Waals surface area (Å²) in [6, 6.07) is 12.7. The molecule has 0 spiro atoms. The Morgan fingerprint density at radius 2 is 1.44 bits per heavy atom. The third-order valence-electron chi connectivity index (χ3n) is 6.91. The van der Waals surface area contributed by atoms with Gasteiger partial charge in [-0.3, -0.25) is 9.69 Å². The van der Waals surface area contributed by atoms with Gasteiger partial charge in [0.2, 0.25) is 5.91 Å². The molecule has 0 bridgehead atoms. The zero-order valence-electron chi connectivity index (χ0n) is 21.8. The molecule has 1 aliphatic rings. The maximum absolute atomic E-state index is 13.5. The van der Waals surface area contributed by atoms with Crippen LogP contribution in [0.25, 0.3) is 0 Å². The van der Waals surface area contributed by atoms with Gasteiger partial charge in [-0.15, -0.1) is 0 Å². The van der Waals surface area contributed by atoms with Gasteiger partial charge in [0, 0.05) is 19.5 Å². The van der Waals surface area contributed by atoms with E-state index in [-0.39, 0.29) is 23.5 Å². The molecule has 1 N–H and O–H groups in total. The molecule has 196 valence electrons. The summed E-state index contributed by atoms with van der Waals surface area (Å²) in [5.74, 6) is -0.835. The second-order valence-electron chi connectivity index (χ2n) is 10.7. The van der Waals surface area contributed by atoms with E-state index >= 15 is 0 Å². The Bertz CT molecular complexity index is 965. The summed E-state index contributed by atoms with van der Waals surface area (Å²) in [6.45, 7) is 5.86. The minimum absolute atomic E-state index is 0.0591. The van der Waals surface area contributed by atoms with Crippen molar-refractivity contribution >= 4 is 12.0 Å². The number of rotatable bonds is 8. The second kappa shape index (κ2) is 11.8. The number of halogens is 2. The van der Waals surface area contributed by atoms with Gasteiger partial charge in [-0.05, 0) is 81.8 Å². The van der Waals surface area contributed by atoms with Crippen LogP contribution in [0.5, 0.6) is 0 Å². The highest BCUT2D eigenvalue weighted by atomic mass is 19.1. The Labute approximate surface area is 213 Å². The molecule has 0 atom stereocenters. The minimum Gasteiger partial charge on any atom is -0.444 e. The molecule has 5 nitrogen and oxygen atoms in total. The van der Waals surface area contributed by atoms with Crippen LogP contribution >= 0.6 is 0 Å². The van der Waals surface area contributed by atoms with Crippen molar-refractivity contribution in [3.05, 3.63) is 71.3 Å². The van der Waals surface area contributed by atoms with E-state index in [1.807, 2.05) is 20.8 Å². The number of carbonyl (C=O) groups is 2. The molecule has 0 heterocycles. The minimum atomic E-state index is -0.923. The van der Waals surface area contributed by atoms with Crippen molar-refractivity contribution in [3.63, 3.8) is 0 Å². The molecule has 2 aromatic rings. The molecule has 0 unspecified atom stereocenters. The van der Waals surface area contributed by atoms with Crippen molar-refractivity contribution in [1.82, 2.24) is 10.2 Å². The normalized spacial score (nSPS) is 15.4. The molecule has 0 aliphatic heterocycles. The van der Waals surface area contributed by atoms with Gasteiger partial charge in [0.1, 0.15) is 22.8 Å². The molecule has 1 fully saturated rings. The van der Waals surface area contributed by atoms with E-state index in [4.69, 9.17) is 4.74 Å². The largest absolute Gasteiger partial charge is 0.444 e. The number of ether oxygens (including phenoxy) is 1. The van der Waals surface area contributed by atoms with Crippen molar-refractivity contribution in [3.8, 4) is 0 Å². The maximum atomic E-state index is 13.5. The summed E-state index contributed by atoms with van der Waals surface area (Å²) in [7, 11) is 1.65. The first-order chi connectivity index (χ1) is 17.0. The van der Waals surface area contributed by atoms with Crippen molar-refractivity contribution in [2.75, 3.05) is 13.6 Å². The molecule has 0 radical (unpaired) electrons. The number of nitrogens with zero attached hydrogens (tertiary/aromatic N) is 1. The van der Waals surface area contributed by atoms with Gasteiger partial charge in [0.05, 0.1) is 0 Å². The number of benzene rings is 2. The van der Waals surface area contributed by atoms with Crippen molar-refractivity contribution in [2.45, 2.75) is 82.8 Å². The number of likely N-dealkylation sites (N-methyl/N-ethyl adjacent to an activating group) is 1. The monoisotopic (exact) mass is 500 g/mol. The van der Waals surface area contributed by atoms with E-state index in [0.29, 0.717) is 32.2 Å².